The van der Waals surface area contributed by atoms with Gasteiger partial charge in [0.2, 0.25) is 5.91 Å². The van der Waals surface area contributed by atoms with Crippen LogP contribution >= 0.6 is 0 Å². The lowest BCUT2D eigenvalue weighted by Crippen LogP contribution is -2.58. The van der Waals surface area contributed by atoms with Crippen LogP contribution in [0.25, 0.3) is 11.4 Å². The number of aromatic nitrogens is 3. The second-order valence-corrected chi connectivity index (χ2v) is 7.97. The number of nitrogens with zero attached hydrogens (tertiary/aromatic N) is 4. The second kappa shape index (κ2) is 7.26. The van der Waals surface area contributed by atoms with E-state index in [4.69, 9.17) is 4.98 Å². The summed E-state index contributed by atoms with van der Waals surface area (Å²) >= 11 is 0. The molecule has 1 fully saturated rings. The van der Waals surface area contributed by atoms with Crippen LogP contribution in [0.3, 0.4) is 0 Å². The Kier molecular flexibility index (Phi) is 4.78. The number of urea groups is 1. The largest absolute Gasteiger partial charge is 0.348 e. The number of hydrogen-bond acceptors (Lipinski definition) is 4. The smallest absolute Gasteiger partial charge is 0.317 e. The Labute approximate surface area is 164 Å². The average Bonchev–Trinajstić information content (AvgIpc) is 2.98. The maximum atomic E-state index is 12.5. The van der Waals surface area contributed by atoms with Crippen LogP contribution in [-0.4, -0.2) is 56.3 Å². The Bertz CT molecular complexity index is 868. The predicted octanol–water partition coefficient (Wildman–Crippen LogP) is 1.57. The maximum Gasteiger partial charge on any atom is 0.317 e. The number of amides is 3. The summed E-state index contributed by atoms with van der Waals surface area (Å²) in [7, 11) is 0. The fraction of sp³-hybridized carbons (Fsp3) is 0.500. The average molecular weight is 382 g/mol. The highest BCUT2D eigenvalue weighted by Crippen LogP contribution is 2.29. The minimum atomic E-state index is -0.374. The Hall–Kier alpha value is -2.90. The third-order valence-corrected chi connectivity index (χ3v) is 5.39. The molecule has 0 unspecified atom stereocenters. The molecule has 28 heavy (non-hydrogen) atoms. The van der Waals surface area contributed by atoms with Gasteiger partial charge in [0.15, 0.2) is 5.82 Å². The molecule has 1 aromatic heterocycles. The molecule has 3 amide bonds. The van der Waals surface area contributed by atoms with Crippen LogP contribution in [0.15, 0.2) is 30.3 Å². The summed E-state index contributed by atoms with van der Waals surface area (Å²) in [5.74, 6) is 1.41. The zero-order valence-electron chi connectivity index (χ0n) is 16.3. The molecule has 0 saturated carbocycles. The molecule has 0 atom stereocenters. The third-order valence-electron chi connectivity index (χ3n) is 5.39. The molecule has 2 N–H and O–H groups in total. The van der Waals surface area contributed by atoms with Gasteiger partial charge in [-0.1, -0.05) is 30.3 Å². The minimum absolute atomic E-state index is 0.0423. The quantitative estimate of drug-likeness (QED) is 0.825. The van der Waals surface area contributed by atoms with Crippen molar-refractivity contribution in [3.63, 3.8) is 0 Å². The van der Waals surface area contributed by atoms with Gasteiger partial charge >= 0.3 is 6.03 Å². The van der Waals surface area contributed by atoms with E-state index in [1.165, 1.54) is 0 Å². The SMILES string of the molecule is CC(C)NC(=O)N1CCC2(CC1)Cc1nc(-c3ccccc3)nn1CC(=O)N2. The lowest BCUT2D eigenvalue weighted by molar-refractivity contribution is -0.123. The first-order chi connectivity index (χ1) is 13.4. The molecule has 3 heterocycles. The van der Waals surface area contributed by atoms with E-state index in [-0.39, 0.29) is 30.1 Å². The topological polar surface area (TPSA) is 92.2 Å². The molecule has 1 aromatic carbocycles. The Balaban J connectivity index is 1.52. The Morgan fingerprint density at radius 2 is 1.93 bits per heavy atom. The van der Waals surface area contributed by atoms with E-state index in [1.54, 1.807) is 4.68 Å². The highest BCUT2D eigenvalue weighted by Gasteiger charge is 2.40. The molecular weight excluding hydrogens is 356 g/mol. The van der Waals surface area contributed by atoms with Crippen LogP contribution in [0.1, 0.15) is 32.5 Å². The fourth-order valence-electron chi connectivity index (χ4n) is 3.94. The number of carbonyl (C=O) groups excluding carboxylic acids is 2. The summed E-state index contributed by atoms with van der Waals surface area (Å²) in [6.07, 6.45) is 2.04. The van der Waals surface area contributed by atoms with Crippen LogP contribution in [0.2, 0.25) is 0 Å². The number of rotatable bonds is 2. The van der Waals surface area contributed by atoms with Gasteiger partial charge in [0.1, 0.15) is 12.4 Å². The fourth-order valence-corrected chi connectivity index (χ4v) is 3.94. The summed E-state index contributed by atoms with van der Waals surface area (Å²) in [5.41, 5.74) is 0.568. The van der Waals surface area contributed by atoms with Crippen molar-refractivity contribution in [2.75, 3.05) is 13.1 Å². The van der Waals surface area contributed by atoms with Gasteiger partial charge in [-0.25, -0.2) is 14.5 Å². The standard InChI is InChI=1S/C20H26N6O2/c1-14(2)21-19(28)25-10-8-20(9-11-25)12-16-22-18(15-6-4-3-5-7-15)24-26(16)13-17(27)23-20/h3-7,14H,8-13H2,1-2H3,(H,21,28)(H,23,27). The van der Waals surface area contributed by atoms with Crippen molar-refractivity contribution in [2.45, 2.75) is 51.2 Å². The van der Waals surface area contributed by atoms with E-state index in [1.807, 2.05) is 49.1 Å². The van der Waals surface area contributed by atoms with Crippen molar-refractivity contribution >= 4 is 11.9 Å². The molecule has 0 aliphatic carbocycles. The van der Waals surface area contributed by atoms with E-state index in [9.17, 15) is 9.59 Å². The van der Waals surface area contributed by atoms with Gasteiger partial charge in [0.25, 0.3) is 0 Å². The van der Waals surface area contributed by atoms with Gasteiger partial charge in [0, 0.05) is 31.1 Å². The summed E-state index contributed by atoms with van der Waals surface area (Å²) in [5, 5.41) is 10.7. The highest BCUT2D eigenvalue weighted by molar-refractivity contribution is 5.77. The first-order valence-corrected chi connectivity index (χ1v) is 9.80. The van der Waals surface area contributed by atoms with Gasteiger partial charge < -0.3 is 15.5 Å². The molecule has 8 heteroatoms. The number of piperidine rings is 1. The molecule has 2 aromatic rings. The molecule has 8 nitrogen and oxygen atoms in total. The van der Waals surface area contributed by atoms with Crippen molar-refractivity contribution in [3.8, 4) is 11.4 Å². The molecule has 2 aliphatic heterocycles. The first-order valence-electron chi connectivity index (χ1n) is 9.80. The third kappa shape index (κ3) is 3.72. The Morgan fingerprint density at radius 1 is 1.21 bits per heavy atom. The van der Waals surface area contributed by atoms with Gasteiger partial charge in [-0.05, 0) is 26.7 Å². The maximum absolute atomic E-state index is 12.5. The van der Waals surface area contributed by atoms with Crippen molar-refractivity contribution in [1.29, 1.82) is 0 Å². The molecule has 1 spiro atoms. The number of likely N-dealkylation sites (tertiary alicyclic amines) is 1. The number of carbonyl (C=O) groups is 2. The van der Waals surface area contributed by atoms with Crippen molar-refractivity contribution < 1.29 is 9.59 Å². The van der Waals surface area contributed by atoms with Gasteiger partial charge in [-0.3, -0.25) is 4.79 Å². The lowest BCUT2D eigenvalue weighted by Gasteiger charge is -2.41. The van der Waals surface area contributed by atoms with Crippen molar-refractivity contribution in [3.05, 3.63) is 36.2 Å². The minimum Gasteiger partial charge on any atom is -0.348 e. The van der Waals surface area contributed by atoms with Gasteiger partial charge in [0.05, 0.1) is 5.54 Å². The molecule has 148 valence electrons. The van der Waals surface area contributed by atoms with Crippen molar-refractivity contribution in [2.24, 2.45) is 0 Å². The van der Waals surface area contributed by atoms with Crippen molar-refractivity contribution in [1.82, 2.24) is 30.3 Å². The van der Waals surface area contributed by atoms with Crippen LogP contribution in [0.5, 0.6) is 0 Å². The number of hydrogen-bond donors (Lipinski definition) is 2. The van der Waals surface area contributed by atoms with Crippen LogP contribution in [-0.2, 0) is 17.8 Å². The molecule has 2 aliphatic rings. The van der Waals surface area contributed by atoms with Crippen LogP contribution in [0, 0.1) is 0 Å². The van der Waals surface area contributed by atoms with Crippen LogP contribution < -0.4 is 10.6 Å². The zero-order chi connectivity index (χ0) is 19.7. The highest BCUT2D eigenvalue weighted by atomic mass is 16.2. The summed E-state index contributed by atoms with van der Waals surface area (Å²) in [4.78, 5) is 31.4. The normalized spacial score (nSPS) is 18.5. The van der Waals surface area contributed by atoms with E-state index >= 15 is 0 Å². The molecule has 0 radical (unpaired) electrons. The van der Waals surface area contributed by atoms with E-state index in [0.29, 0.717) is 38.2 Å². The van der Waals surface area contributed by atoms with E-state index in [0.717, 1.165) is 11.4 Å². The van der Waals surface area contributed by atoms with E-state index < -0.39 is 0 Å². The zero-order valence-corrected chi connectivity index (χ0v) is 16.3. The van der Waals surface area contributed by atoms with Crippen LogP contribution in [0.4, 0.5) is 4.79 Å². The summed E-state index contributed by atoms with van der Waals surface area (Å²) < 4.78 is 1.71. The Morgan fingerprint density at radius 3 is 2.61 bits per heavy atom. The molecular formula is C20H26N6O2. The molecule has 0 bridgehead atoms. The number of fused-ring (bicyclic) bond motifs is 1. The second-order valence-electron chi connectivity index (χ2n) is 7.97. The predicted molar refractivity (Wildman–Crippen MR) is 105 cm³/mol. The number of benzene rings is 1. The van der Waals surface area contributed by atoms with Gasteiger partial charge in [-0.2, -0.15) is 5.10 Å². The van der Waals surface area contributed by atoms with E-state index in [2.05, 4.69) is 15.7 Å². The molecule has 4 rings (SSSR count). The number of nitrogens with one attached hydrogen (secondary N) is 2. The lowest BCUT2D eigenvalue weighted by atomic mass is 9.84. The first kappa shape index (κ1) is 18.5. The monoisotopic (exact) mass is 382 g/mol. The van der Waals surface area contributed by atoms with Gasteiger partial charge in [-0.15, -0.1) is 0 Å². The summed E-state index contributed by atoms with van der Waals surface area (Å²) in [6.45, 7) is 5.30. The summed E-state index contributed by atoms with van der Waals surface area (Å²) in [6, 6.07) is 9.86. The molecule has 1 saturated heterocycles.